The Morgan fingerprint density at radius 2 is 1.26 bits per heavy atom. The molecular formula is C27H27IO6. The van der Waals surface area contributed by atoms with Gasteiger partial charge in [0.2, 0.25) is 0 Å². The lowest BCUT2D eigenvalue weighted by Gasteiger charge is -2.43. The number of ether oxygens (including phenoxy) is 4. The fourth-order valence-corrected chi connectivity index (χ4v) is 4.54. The van der Waals surface area contributed by atoms with Crippen molar-refractivity contribution in [2.45, 2.75) is 43.9 Å². The molecule has 4 rings (SSSR count). The van der Waals surface area contributed by atoms with Crippen molar-refractivity contribution in [3.8, 4) is 0 Å². The first-order chi connectivity index (χ1) is 16.7. The van der Waals surface area contributed by atoms with Crippen LogP contribution in [0, 0.1) is 0 Å². The van der Waals surface area contributed by atoms with E-state index in [-0.39, 0.29) is 13.2 Å². The van der Waals surface area contributed by atoms with Gasteiger partial charge in [-0.05, 0) is 23.3 Å². The number of aliphatic hydroxyl groups is 1. The molecule has 0 amide bonds. The Bertz CT molecular complexity index is 1020. The molecule has 3 aromatic carbocycles. The Labute approximate surface area is 212 Å². The third-order valence-corrected chi connectivity index (χ3v) is 6.45. The van der Waals surface area contributed by atoms with E-state index in [1.54, 1.807) is 24.3 Å². The van der Waals surface area contributed by atoms with Gasteiger partial charge in [-0.15, -0.1) is 0 Å². The highest BCUT2D eigenvalue weighted by atomic mass is 127. The van der Waals surface area contributed by atoms with Crippen molar-refractivity contribution in [3.63, 3.8) is 0 Å². The van der Waals surface area contributed by atoms with E-state index in [9.17, 15) is 9.90 Å². The summed E-state index contributed by atoms with van der Waals surface area (Å²) in [5.41, 5.74) is 2.35. The summed E-state index contributed by atoms with van der Waals surface area (Å²) in [4.78, 5) is 12.9. The van der Waals surface area contributed by atoms with E-state index in [1.807, 2.05) is 66.7 Å². The molecule has 1 fully saturated rings. The number of esters is 1. The van der Waals surface area contributed by atoms with E-state index in [0.717, 1.165) is 11.1 Å². The lowest BCUT2D eigenvalue weighted by molar-refractivity contribution is -0.297. The molecule has 1 N–H and O–H groups in total. The van der Waals surface area contributed by atoms with Crippen LogP contribution in [0.25, 0.3) is 0 Å². The highest BCUT2D eigenvalue weighted by Gasteiger charge is 2.49. The largest absolute Gasteiger partial charge is 0.453 e. The maximum atomic E-state index is 12.9. The first-order valence-electron chi connectivity index (χ1n) is 11.1. The minimum atomic E-state index is -1.23. The molecule has 5 atom stereocenters. The summed E-state index contributed by atoms with van der Waals surface area (Å²) in [7, 11) is 0. The molecule has 6 nitrogen and oxygen atoms in total. The molecule has 0 aliphatic carbocycles. The van der Waals surface area contributed by atoms with E-state index < -0.39 is 36.7 Å². The molecule has 7 heteroatoms. The van der Waals surface area contributed by atoms with E-state index >= 15 is 0 Å². The number of carbonyl (C=O) groups excluding carboxylic acids is 1. The van der Waals surface area contributed by atoms with E-state index in [2.05, 4.69) is 22.6 Å². The van der Waals surface area contributed by atoms with Crippen LogP contribution in [0.4, 0.5) is 0 Å². The van der Waals surface area contributed by atoms with Gasteiger partial charge in [-0.1, -0.05) is 101 Å². The highest BCUT2D eigenvalue weighted by molar-refractivity contribution is 14.1. The molecule has 0 radical (unpaired) electrons. The van der Waals surface area contributed by atoms with Crippen LogP contribution in [0.1, 0.15) is 21.5 Å². The van der Waals surface area contributed by atoms with Crippen molar-refractivity contribution >= 4 is 28.6 Å². The number of alkyl halides is 1. The molecule has 1 saturated heterocycles. The van der Waals surface area contributed by atoms with Crippen molar-refractivity contribution in [3.05, 3.63) is 108 Å². The molecule has 0 bridgehead atoms. The number of aliphatic hydroxyl groups excluding tert-OH is 1. The lowest BCUT2D eigenvalue weighted by atomic mass is 9.98. The zero-order chi connectivity index (χ0) is 23.8. The van der Waals surface area contributed by atoms with Crippen LogP contribution in [0.3, 0.4) is 0 Å². The molecule has 1 heterocycles. The van der Waals surface area contributed by atoms with Gasteiger partial charge in [0.1, 0.15) is 18.3 Å². The molecular weight excluding hydrogens is 547 g/mol. The van der Waals surface area contributed by atoms with Crippen molar-refractivity contribution in [2.24, 2.45) is 0 Å². The molecule has 178 valence electrons. The summed E-state index contributed by atoms with van der Waals surface area (Å²) in [6, 6.07) is 28.2. The lowest BCUT2D eigenvalue weighted by Crippen LogP contribution is -2.61. The first-order valence-corrected chi connectivity index (χ1v) is 12.6. The van der Waals surface area contributed by atoms with Crippen molar-refractivity contribution in [1.29, 1.82) is 0 Å². The maximum absolute atomic E-state index is 12.9. The molecule has 1 aliphatic heterocycles. The van der Waals surface area contributed by atoms with Gasteiger partial charge in [0.25, 0.3) is 0 Å². The molecule has 34 heavy (non-hydrogen) atoms. The Balaban J connectivity index is 1.57. The van der Waals surface area contributed by atoms with Gasteiger partial charge < -0.3 is 24.1 Å². The Morgan fingerprint density at radius 1 is 0.765 bits per heavy atom. The number of hydrogen-bond acceptors (Lipinski definition) is 6. The van der Waals surface area contributed by atoms with Crippen LogP contribution in [-0.4, -0.2) is 46.2 Å². The van der Waals surface area contributed by atoms with E-state index in [0.29, 0.717) is 9.99 Å². The van der Waals surface area contributed by atoms with Gasteiger partial charge in [-0.2, -0.15) is 0 Å². The average molecular weight is 574 g/mol. The Hall–Kier alpha value is -2.30. The van der Waals surface area contributed by atoms with Gasteiger partial charge in [0.15, 0.2) is 12.4 Å². The summed E-state index contributed by atoms with van der Waals surface area (Å²) < 4.78 is 24.6. The SMILES string of the molecule is O=C(O[C@H]1[C@H](OCc2ccccc2)[C@@H](OCc2ccccc2)[C@@H](O)O[C@@H]1CI)c1ccccc1. The highest BCUT2D eigenvalue weighted by Crippen LogP contribution is 2.30. The number of halogens is 1. The Morgan fingerprint density at radius 3 is 1.79 bits per heavy atom. The minimum Gasteiger partial charge on any atom is -0.453 e. The molecule has 0 aromatic heterocycles. The monoisotopic (exact) mass is 574 g/mol. The second-order valence-corrected chi connectivity index (χ2v) is 8.86. The van der Waals surface area contributed by atoms with Gasteiger partial charge in [0.05, 0.1) is 18.8 Å². The van der Waals surface area contributed by atoms with Gasteiger partial charge >= 0.3 is 5.97 Å². The zero-order valence-electron chi connectivity index (χ0n) is 18.5. The van der Waals surface area contributed by atoms with Crippen molar-refractivity contribution in [2.75, 3.05) is 4.43 Å². The van der Waals surface area contributed by atoms with Crippen LogP contribution >= 0.6 is 22.6 Å². The van der Waals surface area contributed by atoms with Crippen LogP contribution in [0.2, 0.25) is 0 Å². The molecule has 0 unspecified atom stereocenters. The summed E-state index contributed by atoms with van der Waals surface area (Å²) in [5, 5.41) is 10.8. The number of benzene rings is 3. The summed E-state index contributed by atoms with van der Waals surface area (Å²) in [5.74, 6) is -0.476. The van der Waals surface area contributed by atoms with Gasteiger partial charge in [0, 0.05) is 4.43 Å². The number of carbonyl (C=O) groups is 1. The maximum Gasteiger partial charge on any atom is 0.338 e. The van der Waals surface area contributed by atoms with Crippen LogP contribution in [0.15, 0.2) is 91.0 Å². The van der Waals surface area contributed by atoms with Crippen molar-refractivity contribution in [1.82, 2.24) is 0 Å². The second-order valence-electron chi connectivity index (χ2n) is 7.98. The average Bonchev–Trinajstić information content (AvgIpc) is 2.89. The van der Waals surface area contributed by atoms with Crippen molar-refractivity contribution < 1.29 is 28.8 Å². The quantitative estimate of drug-likeness (QED) is 0.230. The predicted octanol–water partition coefficient (Wildman–Crippen LogP) is 4.54. The Kier molecular flexibility index (Phi) is 9.06. The van der Waals surface area contributed by atoms with Crippen LogP contribution < -0.4 is 0 Å². The standard InChI is InChI=1S/C27H27IO6/c28-16-22-23(34-26(29)21-14-8-3-9-15-21)24(31-17-19-10-4-1-5-11-19)25(27(30)33-22)32-18-20-12-6-2-7-13-20/h1-15,22-25,27,30H,16-18H2/t22-,23-,24+,25-,27+/m1/s1. The fourth-order valence-electron chi connectivity index (χ4n) is 3.83. The number of hydrogen-bond donors (Lipinski definition) is 1. The minimum absolute atomic E-state index is 0.255. The predicted molar refractivity (Wildman–Crippen MR) is 135 cm³/mol. The van der Waals surface area contributed by atoms with Gasteiger partial charge in [-0.3, -0.25) is 0 Å². The zero-order valence-corrected chi connectivity index (χ0v) is 20.7. The summed E-state index contributed by atoms with van der Waals surface area (Å²) >= 11 is 2.16. The summed E-state index contributed by atoms with van der Waals surface area (Å²) in [6.07, 6.45) is -4.13. The van der Waals surface area contributed by atoms with Gasteiger partial charge in [-0.25, -0.2) is 4.79 Å². The fraction of sp³-hybridized carbons (Fsp3) is 0.296. The van der Waals surface area contributed by atoms with Crippen LogP contribution in [-0.2, 0) is 32.2 Å². The normalized spacial score (nSPS) is 24.5. The van der Waals surface area contributed by atoms with E-state index in [4.69, 9.17) is 18.9 Å². The second kappa shape index (κ2) is 12.4. The smallest absolute Gasteiger partial charge is 0.338 e. The molecule has 3 aromatic rings. The van der Waals surface area contributed by atoms with Crippen LogP contribution in [0.5, 0.6) is 0 Å². The molecule has 0 saturated carbocycles. The molecule has 0 spiro atoms. The molecule has 1 aliphatic rings. The first kappa shape index (κ1) is 24.8. The topological polar surface area (TPSA) is 74.2 Å². The number of rotatable bonds is 9. The summed E-state index contributed by atoms with van der Waals surface area (Å²) in [6.45, 7) is 0.530. The van der Waals surface area contributed by atoms with E-state index in [1.165, 1.54) is 0 Å². The third kappa shape index (κ3) is 6.43. The third-order valence-electron chi connectivity index (χ3n) is 5.58.